The van der Waals surface area contributed by atoms with E-state index in [0.717, 1.165) is 16.7 Å². The van der Waals surface area contributed by atoms with E-state index in [2.05, 4.69) is 10.6 Å². The number of halogens is 1. The van der Waals surface area contributed by atoms with Crippen molar-refractivity contribution in [1.82, 2.24) is 5.32 Å². The highest BCUT2D eigenvalue weighted by Crippen LogP contribution is 2.27. The molecule has 0 unspecified atom stereocenters. The lowest BCUT2D eigenvalue weighted by Gasteiger charge is -2.12. The predicted octanol–water partition coefficient (Wildman–Crippen LogP) is 3.22. The molecule has 0 aliphatic heterocycles. The number of aryl methyl sites for hydroxylation is 2. The van der Waals surface area contributed by atoms with Crippen molar-refractivity contribution in [3.05, 3.63) is 58.1 Å². The molecule has 0 spiro atoms. The lowest BCUT2D eigenvalue weighted by molar-refractivity contribution is -0.136. The number of amides is 2. The van der Waals surface area contributed by atoms with Gasteiger partial charge in [0, 0.05) is 12.1 Å². The summed E-state index contributed by atoms with van der Waals surface area (Å²) in [7, 11) is 1.55. The number of methoxy groups -OCH3 is 1. The molecule has 0 heterocycles. The molecule has 2 N–H and O–H groups in total. The zero-order valence-electron chi connectivity index (χ0n) is 13.8. The Morgan fingerprint density at radius 2 is 1.83 bits per heavy atom. The third-order valence-electron chi connectivity index (χ3n) is 3.51. The molecule has 2 aromatic carbocycles. The van der Waals surface area contributed by atoms with Gasteiger partial charge in [0.15, 0.2) is 0 Å². The quantitative estimate of drug-likeness (QED) is 0.835. The number of rotatable bonds is 4. The minimum absolute atomic E-state index is 0.191. The van der Waals surface area contributed by atoms with Crippen LogP contribution in [0.2, 0.25) is 5.02 Å². The second-order valence-corrected chi connectivity index (χ2v) is 5.79. The number of carbonyl (C=O) groups is 2. The third-order valence-corrected chi connectivity index (χ3v) is 3.81. The van der Waals surface area contributed by atoms with Gasteiger partial charge >= 0.3 is 11.8 Å². The van der Waals surface area contributed by atoms with Crippen molar-refractivity contribution in [2.75, 3.05) is 12.4 Å². The molecule has 0 saturated carbocycles. The van der Waals surface area contributed by atoms with Crippen molar-refractivity contribution in [2.24, 2.45) is 0 Å². The second kappa shape index (κ2) is 7.84. The molecule has 2 aromatic rings. The van der Waals surface area contributed by atoms with Crippen LogP contribution in [0.15, 0.2) is 36.4 Å². The first kappa shape index (κ1) is 17.8. The summed E-state index contributed by atoms with van der Waals surface area (Å²) < 4.78 is 5.21. The molecule has 0 aromatic heterocycles. The summed E-state index contributed by atoms with van der Waals surface area (Å²) >= 11 is 6.13. The fraction of sp³-hybridized carbons (Fsp3) is 0.222. The first-order chi connectivity index (χ1) is 11.4. The average Bonchev–Trinajstić information content (AvgIpc) is 2.55. The third kappa shape index (κ3) is 4.26. The Morgan fingerprint density at radius 3 is 2.50 bits per heavy atom. The number of hydrogen-bond donors (Lipinski definition) is 2. The van der Waals surface area contributed by atoms with Gasteiger partial charge in [-0.2, -0.15) is 0 Å². The lowest BCUT2D eigenvalue weighted by atomic mass is 10.1. The van der Waals surface area contributed by atoms with E-state index in [1.165, 1.54) is 0 Å². The monoisotopic (exact) mass is 346 g/mol. The van der Waals surface area contributed by atoms with Crippen molar-refractivity contribution < 1.29 is 14.3 Å². The van der Waals surface area contributed by atoms with Crippen LogP contribution in [0.25, 0.3) is 0 Å². The van der Waals surface area contributed by atoms with Gasteiger partial charge in [-0.1, -0.05) is 35.9 Å². The SMILES string of the molecule is COc1ccccc1CNC(=O)C(=O)Nc1c(C)cc(C)cc1Cl. The van der Waals surface area contributed by atoms with E-state index >= 15 is 0 Å². The van der Waals surface area contributed by atoms with Crippen molar-refractivity contribution in [3.63, 3.8) is 0 Å². The molecule has 0 saturated heterocycles. The van der Waals surface area contributed by atoms with Gasteiger partial charge in [0.25, 0.3) is 0 Å². The molecule has 0 aliphatic carbocycles. The van der Waals surface area contributed by atoms with E-state index in [1.54, 1.807) is 19.2 Å². The van der Waals surface area contributed by atoms with E-state index in [1.807, 2.05) is 38.1 Å². The minimum atomic E-state index is -0.765. The fourth-order valence-corrected chi connectivity index (χ4v) is 2.72. The van der Waals surface area contributed by atoms with Gasteiger partial charge in [-0.25, -0.2) is 0 Å². The van der Waals surface area contributed by atoms with Crippen LogP contribution in [0, 0.1) is 13.8 Å². The van der Waals surface area contributed by atoms with E-state index < -0.39 is 11.8 Å². The molecule has 0 bridgehead atoms. The van der Waals surface area contributed by atoms with Gasteiger partial charge in [-0.15, -0.1) is 0 Å². The molecule has 0 aliphatic rings. The average molecular weight is 347 g/mol. The van der Waals surface area contributed by atoms with Crippen LogP contribution in [0.1, 0.15) is 16.7 Å². The molecule has 2 rings (SSSR count). The van der Waals surface area contributed by atoms with Crippen LogP contribution in [0.4, 0.5) is 5.69 Å². The Labute approximate surface area is 146 Å². The first-order valence-electron chi connectivity index (χ1n) is 7.40. The Kier molecular flexibility index (Phi) is 5.82. The molecule has 0 fully saturated rings. The number of anilines is 1. The fourth-order valence-electron chi connectivity index (χ4n) is 2.35. The molecule has 0 atom stereocenters. The van der Waals surface area contributed by atoms with Crippen LogP contribution in [0.3, 0.4) is 0 Å². The second-order valence-electron chi connectivity index (χ2n) is 5.39. The Bertz CT molecular complexity index is 752. The maximum absolute atomic E-state index is 12.1. The summed E-state index contributed by atoms with van der Waals surface area (Å²) in [4.78, 5) is 24.1. The van der Waals surface area contributed by atoms with Gasteiger partial charge in [-0.3, -0.25) is 9.59 Å². The molecular formula is C18H19ClN2O3. The first-order valence-corrected chi connectivity index (χ1v) is 7.78. The zero-order valence-corrected chi connectivity index (χ0v) is 14.5. The van der Waals surface area contributed by atoms with Crippen LogP contribution in [0.5, 0.6) is 5.75 Å². The van der Waals surface area contributed by atoms with Gasteiger partial charge in [0.05, 0.1) is 17.8 Å². The van der Waals surface area contributed by atoms with Crippen molar-refractivity contribution in [1.29, 1.82) is 0 Å². The number of nitrogens with one attached hydrogen (secondary N) is 2. The maximum Gasteiger partial charge on any atom is 0.313 e. The molecule has 126 valence electrons. The Hall–Kier alpha value is -2.53. The Morgan fingerprint density at radius 1 is 1.12 bits per heavy atom. The number of carbonyl (C=O) groups excluding carboxylic acids is 2. The molecule has 0 radical (unpaired) electrons. The zero-order chi connectivity index (χ0) is 17.7. The summed E-state index contributed by atoms with van der Waals surface area (Å²) in [5, 5.41) is 5.53. The van der Waals surface area contributed by atoms with Crippen LogP contribution >= 0.6 is 11.6 Å². The molecule has 5 nitrogen and oxygen atoms in total. The van der Waals surface area contributed by atoms with Gasteiger partial charge in [-0.05, 0) is 37.1 Å². The Balaban J connectivity index is 2.02. The normalized spacial score (nSPS) is 10.2. The smallest absolute Gasteiger partial charge is 0.313 e. The van der Waals surface area contributed by atoms with Crippen molar-refractivity contribution in [2.45, 2.75) is 20.4 Å². The standard InChI is InChI=1S/C18H19ClN2O3/c1-11-8-12(2)16(14(19)9-11)21-18(23)17(22)20-10-13-6-4-5-7-15(13)24-3/h4-9H,10H2,1-3H3,(H,20,22)(H,21,23). The summed E-state index contributed by atoms with van der Waals surface area (Å²) in [5.74, 6) is -0.855. The number of benzene rings is 2. The highest BCUT2D eigenvalue weighted by atomic mass is 35.5. The minimum Gasteiger partial charge on any atom is -0.496 e. The van der Waals surface area contributed by atoms with E-state index in [4.69, 9.17) is 16.3 Å². The van der Waals surface area contributed by atoms with Crippen LogP contribution < -0.4 is 15.4 Å². The summed E-state index contributed by atoms with van der Waals surface area (Å²) in [6, 6.07) is 10.9. The van der Waals surface area contributed by atoms with E-state index in [9.17, 15) is 9.59 Å². The highest BCUT2D eigenvalue weighted by molar-refractivity contribution is 6.41. The number of hydrogen-bond acceptors (Lipinski definition) is 3. The summed E-state index contributed by atoms with van der Waals surface area (Å²) in [5.41, 5.74) is 3.01. The lowest BCUT2D eigenvalue weighted by Crippen LogP contribution is -2.35. The number of para-hydroxylation sites is 1. The molecule has 6 heteroatoms. The number of ether oxygens (including phenoxy) is 1. The molecule has 24 heavy (non-hydrogen) atoms. The van der Waals surface area contributed by atoms with Crippen molar-refractivity contribution in [3.8, 4) is 5.75 Å². The van der Waals surface area contributed by atoms with Crippen LogP contribution in [-0.2, 0) is 16.1 Å². The highest BCUT2D eigenvalue weighted by Gasteiger charge is 2.17. The van der Waals surface area contributed by atoms with Gasteiger partial charge in [0.1, 0.15) is 5.75 Å². The predicted molar refractivity (Wildman–Crippen MR) is 94.4 cm³/mol. The topological polar surface area (TPSA) is 67.4 Å². The van der Waals surface area contributed by atoms with E-state index in [0.29, 0.717) is 16.5 Å². The maximum atomic E-state index is 12.1. The summed E-state index contributed by atoms with van der Waals surface area (Å²) in [6.07, 6.45) is 0. The summed E-state index contributed by atoms with van der Waals surface area (Å²) in [6.45, 7) is 3.92. The van der Waals surface area contributed by atoms with Gasteiger partial charge in [0.2, 0.25) is 0 Å². The van der Waals surface area contributed by atoms with Crippen molar-refractivity contribution >= 4 is 29.1 Å². The van der Waals surface area contributed by atoms with Gasteiger partial charge < -0.3 is 15.4 Å². The van der Waals surface area contributed by atoms with E-state index in [-0.39, 0.29) is 6.54 Å². The van der Waals surface area contributed by atoms with Crippen LogP contribution in [-0.4, -0.2) is 18.9 Å². The largest absolute Gasteiger partial charge is 0.496 e. The molecule has 2 amide bonds. The molecular weight excluding hydrogens is 328 g/mol.